The average molecular weight is 496 g/mol. The maximum Gasteiger partial charge on any atom is 0.252 e. The number of anilines is 1. The van der Waals surface area contributed by atoms with Gasteiger partial charge < -0.3 is 9.80 Å². The number of hydrogen-bond acceptors (Lipinski definition) is 5. The summed E-state index contributed by atoms with van der Waals surface area (Å²) in [5.74, 6) is 0.415. The van der Waals surface area contributed by atoms with Gasteiger partial charge in [-0.1, -0.05) is 23.7 Å². The van der Waals surface area contributed by atoms with Crippen LogP contribution in [0.4, 0.5) is 5.69 Å². The van der Waals surface area contributed by atoms with Gasteiger partial charge in [-0.3, -0.25) is 4.79 Å². The Labute approximate surface area is 199 Å². The van der Waals surface area contributed by atoms with E-state index in [4.69, 9.17) is 11.6 Å². The zero-order valence-corrected chi connectivity index (χ0v) is 20.9. The van der Waals surface area contributed by atoms with E-state index in [2.05, 4.69) is 43.0 Å². The average Bonchev–Trinajstić information content (AvgIpc) is 3.21. The summed E-state index contributed by atoms with van der Waals surface area (Å²) in [4.78, 5) is 17.3. The number of nitrogens with zero attached hydrogens (tertiary/aromatic N) is 3. The van der Waals surface area contributed by atoms with Crippen molar-refractivity contribution < 1.29 is 13.2 Å². The largest absolute Gasteiger partial charge is 0.365 e. The SMILES string of the molecule is Cc1cccc(N2CCN(C(=O)CC3CCN(S(=O)(=O)c4ccc(Cl)s4)CC3)C[C@@H]2C)c1. The maximum atomic E-state index is 13.0. The van der Waals surface area contributed by atoms with Crippen LogP contribution < -0.4 is 4.90 Å². The molecule has 1 amide bonds. The number of benzene rings is 1. The first kappa shape index (κ1) is 23.5. The third kappa shape index (κ3) is 5.14. The van der Waals surface area contributed by atoms with Crippen molar-refractivity contribution in [2.45, 2.75) is 43.4 Å². The third-order valence-electron chi connectivity index (χ3n) is 6.49. The van der Waals surface area contributed by atoms with E-state index in [-0.39, 0.29) is 22.1 Å². The number of thiophene rings is 1. The minimum absolute atomic E-state index is 0.187. The van der Waals surface area contributed by atoms with Crippen molar-refractivity contribution in [2.24, 2.45) is 5.92 Å². The quantitative estimate of drug-likeness (QED) is 0.622. The molecule has 4 rings (SSSR count). The highest BCUT2D eigenvalue weighted by Gasteiger charge is 2.33. The van der Waals surface area contributed by atoms with E-state index in [9.17, 15) is 13.2 Å². The Morgan fingerprint density at radius 1 is 1.12 bits per heavy atom. The van der Waals surface area contributed by atoms with Crippen molar-refractivity contribution in [3.05, 3.63) is 46.3 Å². The molecular formula is C23H30ClN3O3S2. The van der Waals surface area contributed by atoms with Gasteiger partial charge in [0.1, 0.15) is 4.21 Å². The number of amides is 1. The predicted octanol–water partition coefficient (Wildman–Crippen LogP) is 4.24. The molecule has 2 saturated heterocycles. The van der Waals surface area contributed by atoms with E-state index in [1.807, 2.05) is 4.90 Å². The second-order valence-corrected chi connectivity index (χ2v) is 12.7. The van der Waals surface area contributed by atoms with Gasteiger partial charge in [-0.25, -0.2) is 8.42 Å². The smallest absolute Gasteiger partial charge is 0.252 e. The number of sulfonamides is 1. The third-order valence-corrected chi connectivity index (χ3v) is 10.1. The van der Waals surface area contributed by atoms with Gasteiger partial charge in [-0.2, -0.15) is 4.31 Å². The fourth-order valence-corrected chi connectivity index (χ4v) is 7.77. The van der Waals surface area contributed by atoms with E-state index in [1.54, 1.807) is 12.1 Å². The first-order valence-electron chi connectivity index (χ1n) is 11.1. The molecule has 6 nitrogen and oxygen atoms in total. The van der Waals surface area contributed by atoms with Crippen LogP contribution in [0.2, 0.25) is 4.34 Å². The predicted molar refractivity (Wildman–Crippen MR) is 130 cm³/mol. The van der Waals surface area contributed by atoms with Gasteiger partial charge in [-0.05, 0) is 62.4 Å². The minimum Gasteiger partial charge on any atom is -0.365 e. The number of halogens is 1. The van der Waals surface area contributed by atoms with Crippen LogP contribution in [0.1, 0.15) is 31.7 Å². The topological polar surface area (TPSA) is 60.9 Å². The summed E-state index contributed by atoms with van der Waals surface area (Å²) in [6.07, 6.45) is 1.92. The van der Waals surface area contributed by atoms with Gasteiger partial charge in [0, 0.05) is 50.9 Å². The molecule has 0 saturated carbocycles. The van der Waals surface area contributed by atoms with Crippen molar-refractivity contribution in [1.82, 2.24) is 9.21 Å². The molecule has 3 heterocycles. The minimum atomic E-state index is -3.49. The molecule has 1 aromatic heterocycles. The second-order valence-electron chi connectivity index (χ2n) is 8.83. The molecule has 174 valence electrons. The normalized spacial score (nSPS) is 21.2. The van der Waals surface area contributed by atoms with Crippen LogP contribution in [0.25, 0.3) is 0 Å². The molecule has 0 bridgehead atoms. The Kier molecular flexibility index (Phi) is 7.14. The van der Waals surface area contributed by atoms with Crippen molar-refractivity contribution in [3.63, 3.8) is 0 Å². The van der Waals surface area contributed by atoms with Crippen LogP contribution in [0.5, 0.6) is 0 Å². The second kappa shape index (κ2) is 9.71. The summed E-state index contributed by atoms with van der Waals surface area (Å²) in [6.45, 7) is 7.45. The number of carbonyl (C=O) groups is 1. The Balaban J connectivity index is 1.28. The van der Waals surface area contributed by atoms with Gasteiger partial charge >= 0.3 is 0 Å². The fourth-order valence-electron chi connectivity index (χ4n) is 4.67. The van der Waals surface area contributed by atoms with Crippen LogP contribution >= 0.6 is 22.9 Å². The molecular weight excluding hydrogens is 466 g/mol. The molecule has 2 aliphatic heterocycles. The highest BCUT2D eigenvalue weighted by Crippen LogP contribution is 2.31. The molecule has 2 aromatic rings. The summed E-state index contributed by atoms with van der Waals surface area (Å²) in [6, 6.07) is 11.9. The summed E-state index contributed by atoms with van der Waals surface area (Å²) in [7, 11) is -3.49. The lowest BCUT2D eigenvalue weighted by molar-refractivity contribution is -0.133. The van der Waals surface area contributed by atoms with E-state index in [0.717, 1.165) is 31.0 Å². The number of carbonyl (C=O) groups excluding carboxylic acids is 1. The summed E-state index contributed by atoms with van der Waals surface area (Å²) in [5.41, 5.74) is 2.45. The number of piperazine rings is 1. The van der Waals surface area contributed by atoms with E-state index in [0.29, 0.717) is 36.7 Å². The van der Waals surface area contributed by atoms with E-state index in [1.165, 1.54) is 15.6 Å². The Bertz CT molecular complexity index is 1060. The molecule has 0 spiro atoms. The Hall–Kier alpha value is -1.61. The summed E-state index contributed by atoms with van der Waals surface area (Å²) < 4.78 is 27.8. The Morgan fingerprint density at radius 2 is 1.88 bits per heavy atom. The van der Waals surface area contributed by atoms with Crippen molar-refractivity contribution >= 4 is 44.6 Å². The number of hydrogen-bond donors (Lipinski definition) is 0. The van der Waals surface area contributed by atoms with Gasteiger partial charge in [0.15, 0.2) is 0 Å². The molecule has 0 N–H and O–H groups in total. The first-order valence-corrected chi connectivity index (χ1v) is 13.7. The lowest BCUT2D eigenvalue weighted by atomic mass is 9.94. The molecule has 32 heavy (non-hydrogen) atoms. The zero-order chi connectivity index (χ0) is 22.9. The number of rotatable bonds is 5. The first-order chi connectivity index (χ1) is 15.2. The van der Waals surface area contributed by atoms with Gasteiger partial charge in [0.05, 0.1) is 4.34 Å². The summed E-state index contributed by atoms with van der Waals surface area (Å²) in [5, 5.41) is 0. The Morgan fingerprint density at radius 3 is 2.50 bits per heavy atom. The van der Waals surface area contributed by atoms with Crippen molar-refractivity contribution in [2.75, 3.05) is 37.6 Å². The molecule has 2 aliphatic rings. The van der Waals surface area contributed by atoms with Crippen LogP contribution in [0.15, 0.2) is 40.6 Å². The van der Waals surface area contributed by atoms with Gasteiger partial charge in [-0.15, -0.1) is 11.3 Å². The molecule has 1 aromatic carbocycles. The molecule has 0 radical (unpaired) electrons. The molecule has 9 heteroatoms. The molecule has 1 atom stereocenters. The standard InChI is InChI=1S/C23H30ClN3O3S2/c1-17-4-3-5-20(14-17)27-13-12-25(16-18(27)2)22(28)15-19-8-10-26(11-9-19)32(29,30)23-7-6-21(24)31-23/h3-7,14,18-19H,8-13,15-16H2,1-2H3/t18-/m0/s1. The molecule has 2 fully saturated rings. The van der Waals surface area contributed by atoms with Crippen LogP contribution in [-0.2, 0) is 14.8 Å². The lowest BCUT2D eigenvalue weighted by Crippen LogP contribution is -2.54. The van der Waals surface area contributed by atoms with E-state index < -0.39 is 10.0 Å². The van der Waals surface area contributed by atoms with E-state index >= 15 is 0 Å². The number of aryl methyl sites for hydroxylation is 1. The highest BCUT2D eigenvalue weighted by atomic mass is 35.5. The summed E-state index contributed by atoms with van der Waals surface area (Å²) >= 11 is 7.00. The molecule has 0 aliphatic carbocycles. The maximum absolute atomic E-state index is 13.0. The fraction of sp³-hybridized carbons (Fsp3) is 0.522. The van der Waals surface area contributed by atoms with Crippen LogP contribution in [0.3, 0.4) is 0 Å². The van der Waals surface area contributed by atoms with Gasteiger partial charge in [0.2, 0.25) is 5.91 Å². The van der Waals surface area contributed by atoms with Gasteiger partial charge in [0.25, 0.3) is 10.0 Å². The van der Waals surface area contributed by atoms with Crippen molar-refractivity contribution in [1.29, 1.82) is 0 Å². The monoisotopic (exact) mass is 495 g/mol. The highest BCUT2D eigenvalue weighted by molar-refractivity contribution is 7.91. The lowest BCUT2D eigenvalue weighted by Gasteiger charge is -2.42. The van der Waals surface area contributed by atoms with Crippen LogP contribution in [0, 0.1) is 12.8 Å². The van der Waals surface area contributed by atoms with Crippen molar-refractivity contribution in [3.8, 4) is 0 Å². The number of piperidine rings is 1. The zero-order valence-electron chi connectivity index (χ0n) is 18.5. The molecule has 0 unspecified atom stereocenters. The van der Waals surface area contributed by atoms with Crippen LogP contribution in [-0.4, -0.2) is 62.3 Å².